The van der Waals surface area contributed by atoms with Crippen LogP contribution in [0.2, 0.25) is 0 Å². The second kappa shape index (κ2) is 5.45. The van der Waals surface area contributed by atoms with Crippen molar-refractivity contribution in [2.45, 2.75) is 39.0 Å². The lowest BCUT2D eigenvalue weighted by atomic mass is 9.66. The number of nitrogens with one attached hydrogen (secondary N) is 1. The van der Waals surface area contributed by atoms with Crippen LogP contribution in [0.15, 0.2) is 28.7 Å². The lowest BCUT2D eigenvalue weighted by molar-refractivity contribution is 0.149. The third-order valence-electron chi connectivity index (χ3n) is 4.86. The molecule has 1 aliphatic carbocycles. The van der Waals surface area contributed by atoms with Gasteiger partial charge in [-0.25, -0.2) is 4.39 Å². The van der Waals surface area contributed by atoms with Gasteiger partial charge in [-0.1, -0.05) is 13.8 Å². The first-order valence-electron chi connectivity index (χ1n) is 7.82. The quantitative estimate of drug-likeness (QED) is 0.886. The molecule has 1 heterocycles. The van der Waals surface area contributed by atoms with Crippen molar-refractivity contribution in [2.75, 3.05) is 13.6 Å². The van der Waals surface area contributed by atoms with Crippen LogP contribution in [-0.2, 0) is 0 Å². The summed E-state index contributed by atoms with van der Waals surface area (Å²) in [5.41, 5.74) is 1.14. The van der Waals surface area contributed by atoms with Gasteiger partial charge in [-0.3, -0.25) is 0 Å². The fourth-order valence-corrected chi connectivity index (χ4v) is 3.70. The minimum absolute atomic E-state index is 0.203. The number of benzene rings is 1. The molecule has 21 heavy (non-hydrogen) atoms. The number of rotatable bonds is 3. The van der Waals surface area contributed by atoms with E-state index in [-0.39, 0.29) is 5.82 Å². The standard InChI is InChI=1S/C18H24FNO/c1-18(2)7-6-12(11-20-3)15(10-18)17-9-13-8-14(19)4-5-16(13)21-17/h4-5,8-9,12,15,20H,6-7,10-11H2,1-3H3. The van der Waals surface area contributed by atoms with E-state index >= 15 is 0 Å². The largest absolute Gasteiger partial charge is 0.461 e. The van der Waals surface area contributed by atoms with E-state index in [0.717, 1.165) is 29.7 Å². The van der Waals surface area contributed by atoms with E-state index in [2.05, 4.69) is 19.2 Å². The molecule has 0 amide bonds. The molecule has 1 fully saturated rings. The van der Waals surface area contributed by atoms with Crippen LogP contribution in [0.5, 0.6) is 0 Å². The van der Waals surface area contributed by atoms with E-state index in [9.17, 15) is 4.39 Å². The van der Waals surface area contributed by atoms with Gasteiger partial charge in [0, 0.05) is 11.3 Å². The van der Waals surface area contributed by atoms with Crippen LogP contribution >= 0.6 is 0 Å². The summed E-state index contributed by atoms with van der Waals surface area (Å²) in [5, 5.41) is 4.18. The molecule has 0 saturated heterocycles. The van der Waals surface area contributed by atoms with Crippen molar-refractivity contribution in [1.29, 1.82) is 0 Å². The molecule has 1 N–H and O–H groups in total. The van der Waals surface area contributed by atoms with Crippen molar-refractivity contribution in [3.05, 3.63) is 35.8 Å². The molecule has 1 saturated carbocycles. The Labute approximate surface area is 125 Å². The molecule has 3 rings (SSSR count). The molecule has 3 heteroatoms. The molecule has 0 spiro atoms. The lowest BCUT2D eigenvalue weighted by Crippen LogP contribution is -2.33. The number of furan rings is 1. The average molecular weight is 289 g/mol. The van der Waals surface area contributed by atoms with Crippen molar-refractivity contribution in [2.24, 2.45) is 11.3 Å². The van der Waals surface area contributed by atoms with Gasteiger partial charge in [0.05, 0.1) is 0 Å². The van der Waals surface area contributed by atoms with Crippen LogP contribution in [-0.4, -0.2) is 13.6 Å². The summed E-state index contributed by atoms with van der Waals surface area (Å²) < 4.78 is 19.4. The number of hydrogen-bond acceptors (Lipinski definition) is 2. The molecule has 0 radical (unpaired) electrons. The van der Waals surface area contributed by atoms with Gasteiger partial charge in [0.1, 0.15) is 17.2 Å². The Morgan fingerprint density at radius 1 is 1.33 bits per heavy atom. The van der Waals surface area contributed by atoms with Crippen LogP contribution in [0, 0.1) is 17.2 Å². The topological polar surface area (TPSA) is 25.2 Å². The van der Waals surface area contributed by atoms with Crippen LogP contribution < -0.4 is 5.32 Å². The Bertz CT molecular complexity index is 631. The van der Waals surface area contributed by atoms with Crippen molar-refractivity contribution >= 4 is 11.0 Å². The maximum atomic E-state index is 13.4. The first-order valence-corrected chi connectivity index (χ1v) is 7.82. The second-order valence-electron chi connectivity index (χ2n) is 7.16. The zero-order valence-electron chi connectivity index (χ0n) is 13.1. The SMILES string of the molecule is CNCC1CCC(C)(C)CC1c1cc2cc(F)ccc2o1. The smallest absolute Gasteiger partial charge is 0.134 e. The summed E-state index contributed by atoms with van der Waals surface area (Å²) in [5.74, 6) is 1.82. The summed E-state index contributed by atoms with van der Waals surface area (Å²) in [6.07, 6.45) is 3.59. The van der Waals surface area contributed by atoms with Crippen molar-refractivity contribution in [1.82, 2.24) is 5.32 Å². The molecule has 0 bridgehead atoms. The maximum Gasteiger partial charge on any atom is 0.134 e. The summed E-state index contributed by atoms with van der Waals surface area (Å²) in [6.45, 7) is 5.67. The Balaban J connectivity index is 1.96. The molecule has 2 unspecified atom stereocenters. The Hall–Kier alpha value is -1.35. The second-order valence-corrected chi connectivity index (χ2v) is 7.16. The van der Waals surface area contributed by atoms with Gasteiger partial charge in [-0.15, -0.1) is 0 Å². The highest BCUT2D eigenvalue weighted by Crippen LogP contribution is 2.47. The first-order chi connectivity index (χ1) is 9.98. The first kappa shape index (κ1) is 14.6. The molecule has 2 aromatic rings. The van der Waals surface area contributed by atoms with Crippen LogP contribution in [0.3, 0.4) is 0 Å². The summed E-state index contributed by atoms with van der Waals surface area (Å²) in [7, 11) is 2.00. The monoisotopic (exact) mass is 289 g/mol. The van der Waals surface area contributed by atoms with Gasteiger partial charge in [0.15, 0.2) is 0 Å². The van der Waals surface area contributed by atoms with Gasteiger partial charge in [-0.05, 0) is 68.5 Å². The average Bonchev–Trinajstić information content (AvgIpc) is 2.83. The maximum absolute atomic E-state index is 13.4. The van der Waals surface area contributed by atoms with Gasteiger partial charge in [-0.2, -0.15) is 0 Å². The Kier molecular flexibility index (Phi) is 3.78. The highest BCUT2D eigenvalue weighted by molar-refractivity contribution is 5.78. The normalized spacial score (nSPS) is 25.3. The van der Waals surface area contributed by atoms with Crippen LogP contribution in [0.25, 0.3) is 11.0 Å². The van der Waals surface area contributed by atoms with Gasteiger partial charge >= 0.3 is 0 Å². The summed E-state index contributed by atoms with van der Waals surface area (Å²) >= 11 is 0. The van der Waals surface area contributed by atoms with E-state index in [1.54, 1.807) is 12.1 Å². The van der Waals surface area contributed by atoms with E-state index in [1.165, 1.54) is 18.9 Å². The lowest BCUT2D eigenvalue weighted by Gasteiger charge is -2.40. The van der Waals surface area contributed by atoms with Gasteiger partial charge in [0.25, 0.3) is 0 Å². The zero-order valence-corrected chi connectivity index (χ0v) is 13.1. The fraction of sp³-hybridized carbons (Fsp3) is 0.556. The molecule has 1 aromatic heterocycles. The van der Waals surface area contributed by atoms with Crippen LogP contribution in [0.1, 0.15) is 44.8 Å². The number of fused-ring (bicyclic) bond motifs is 1. The van der Waals surface area contributed by atoms with E-state index in [0.29, 0.717) is 17.3 Å². The molecule has 1 aromatic carbocycles. The number of halogens is 1. The third-order valence-corrected chi connectivity index (χ3v) is 4.86. The summed E-state index contributed by atoms with van der Waals surface area (Å²) in [6, 6.07) is 6.79. The zero-order chi connectivity index (χ0) is 15.0. The molecule has 2 atom stereocenters. The van der Waals surface area contributed by atoms with Crippen molar-refractivity contribution < 1.29 is 8.81 Å². The fourth-order valence-electron chi connectivity index (χ4n) is 3.70. The Morgan fingerprint density at radius 2 is 2.14 bits per heavy atom. The third kappa shape index (κ3) is 2.98. The Morgan fingerprint density at radius 3 is 2.90 bits per heavy atom. The van der Waals surface area contributed by atoms with E-state index in [4.69, 9.17) is 4.42 Å². The minimum atomic E-state index is -0.203. The molecule has 2 nitrogen and oxygen atoms in total. The molecular formula is C18H24FNO. The van der Waals surface area contributed by atoms with Crippen LogP contribution in [0.4, 0.5) is 4.39 Å². The molecule has 0 aliphatic heterocycles. The predicted octanol–water partition coefficient (Wildman–Crippen LogP) is 4.70. The molecule has 114 valence electrons. The van der Waals surface area contributed by atoms with E-state index in [1.807, 2.05) is 13.1 Å². The highest BCUT2D eigenvalue weighted by Gasteiger charge is 2.37. The van der Waals surface area contributed by atoms with Crippen molar-refractivity contribution in [3.63, 3.8) is 0 Å². The van der Waals surface area contributed by atoms with E-state index < -0.39 is 0 Å². The van der Waals surface area contributed by atoms with Gasteiger partial charge in [0.2, 0.25) is 0 Å². The highest BCUT2D eigenvalue weighted by atomic mass is 19.1. The predicted molar refractivity (Wildman–Crippen MR) is 84.0 cm³/mol. The molecule has 1 aliphatic rings. The number of hydrogen-bond donors (Lipinski definition) is 1. The van der Waals surface area contributed by atoms with Crippen molar-refractivity contribution in [3.8, 4) is 0 Å². The summed E-state index contributed by atoms with van der Waals surface area (Å²) in [4.78, 5) is 0. The molecular weight excluding hydrogens is 265 g/mol. The minimum Gasteiger partial charge on any atom is -0.461 e. The van der Waals surface area contributed by atoms with Gasteiger partial charge < -0.3 is 9.73 Å².